The molecule has 0 radical (unpaired) electrons. The van der Waals surface area contributed by atoms with Gasteiger partial charge in [0.15, 0.2) is 0 Å². The third-order valence-corrected chi connectivity index (χ3v) is 8.69. The lowest BCUT2D eigenvalue weighted by Gasteiger charge is -2.41. The van der Waals surface area contributed by atoms with E-state index in [-0.39, 0.29) is 18.0 Å². The molecule has 0 spiro atoms. The van der Waals surface area contributed by atoms with Gasteiger partial charge in [-0.3, -0.25) is 4.79 Å². The Morgan fingerprint density at radius 2 is 1.35 bits per heavy atom. The van der Waals surface area contributed by atoms with Gasteiger partial charge in [0.25, 0.3) is 0 Å². The fourth-order valence-electron chi connectivity index (χ4n) is 6.53. The maximum Gasteiger partial charge on any atom is 0.309 e. The number of hydrogen-bond acceptors (Lipinski definition) is 3. The van der Waals surface area contributed by atoms with Crippen LogP contribution in [0.25, 0.3) is 0 Å². The molecule has 0 aromatic carbocycles. The molecule has 3 rings (SSSR count). The largest absolute Gasteiger partial charge is 0.462 e. The Bertz CT molecular complexity index is 483. The first-order chi connectivity index (χ1) is 15.2. The number of rotatable bonds is 11. The average molecular weight is 434 g/mol. The number of ether oxygens (including phenoxy) is 1. The van der Waals surface area contributed by atoms with Gasteiger partial charge in [0.05, 0.1) is 5.92 Å². The molecule has 0 atom stereocenters. The summed E-state index contributed by atoms with van der Waals surface area (Å²) in [5, 5.41) is 0. The number of unbranched alkanes of at least 4 members (excludes halogenated alkanes) is 4. The van der Waals surface area contributed by atoms with Gasteiger partial charge in [0, 0.05) is 6.04 Å². The van der Waals surface area contributed by atoms with Crippen molar-refractivity contribution in [2.75, 3.05) is 13.1 Å². The van der Waals surface area contributed by atoms with Gasteiger partial charge in [-0.1, -0.05) is 65.2 Å². The molecule has 0 unspecified atom stereocenters. The van der Waals surface area contributed by atoms with E-state index in [9.17, 15) is 4.79 Å². The van der Waals surface area contributed by atoms with E-state index in [1.165, 1.54) is 103 Å². The van der Waals surface area contributed by atoms with Gasteiger partial charge in [-0.2, -0.15) is 0 Å². The highest BCUT2D eigenvalue weighted by Crippen LogP contribution is 2.34. The molecule has 3 nitrogen and oxygen atoms in total. The van der Waals surface area contributed by atoms with Crippen LogP contribution in [-0.2, 0) is 9.53 Å². The SMILES string of the molecule is CCCCCCCC1CCN(C2CCC(OC(=O)C3CCC(CCC)CC3)CC2)CC1. The first-order valence-electron chi connectivity index (χ1n) is 14.1. The molecule has 0 amide bonds. The van der Waals surface area contributed by atoms with Gasteiger partial charge in [-0.15, -0.1) is 0 Å². The fraction of sp³-hybridized carbons (Fsp3) is 0.964. The summed E-state index contributed by atoms with van der Waals surface area (Å²) in [4.78, 5) is 15.4. The Balaban J connectivity index is 1.27. The van der Waals surface area contributed by atoms with E-state index in [1.807, 2.05) is 0 Å². The second kappa shape index (κ2) is 13.9. The van der Waals surface area contributed by atoms with E-state index in [4.69, 9.17) is 4.74 Å². The normalized spacial score (nSPS) is 30.9. The Morgan fingerprint density at radius 3 is 2.00 bits per heavy atom. The van der Waals surface area contributed by atoms with Crippen LogP contribution >= 0.6 is 0 Å². The van der Waals surface area contributed by atoms with Crippen molar-refractivity contribution in [3.8, 4) is 0 Å². The van der Waals surface area contributed by atoms with Gasteiger partial charge in [0.2, 0.25) is 0 Å². The summed E-state index contributed by atoms with van der Waals surface area (Å²) in [7, 11) is 0. The highest BCUT2D eigenvalue weighted by molar-refractivity contribution is 5.72. The predicted molar refractivity (Wildman–Crippen MR) is 130 cm³/mol. The predicted octanol–water partition coefficient (Wildman–Crippen LogP) is 7.52. The highest BCUT2D eigenvalue weighted by atomic mass is 16.5. The van der Waals surface area contributed by atoms with E-state index >= 15 is 0 Å². The van der Waals surface area contributed by atoms with Crippen LogP contribution in [0.5, 0.6) is 0 Å². The molecule has 0 aromatic heterocycles. The molecule has 0 aromatic rings. The van der Waals surface area contributed by atoms with E-state index in [1.54, 1.807) is 0 Å². The lowest BCUT2D eigenvalue weighted by atomic mass is 9.80. The van der Waals surface area contributed by atoms with Crippen molar-refractivity contribution in [3.63, 3.8) is 0 Å². The number of hydrogen-bond donors (Lipinski definition) is 0. The van der Waals surface area contributed by atoms with Crippen LogP contribution in [0.2, 0.25) is 0 Å². The molecule has 2 aliphatic carbocycles. The van der Waals surface area contributed by atoms with Crippen LogP contribution in [0.1, 0.15) is 129 Å². The van der Waals surface area contributed by atoms with Crippen LogP contribution in [0.4, 0.5) is 0 Å². The second-order valence-electron chi connectivity index (χ2n) is 11.1. The summed E-state index contributed by atoms with van der Waals surface area (Å²) in [5.74, 6) is 2.14. The summed E-state index contributed by atoms with van der Waals surface area (Å²) in [6.07, 6.45) is 23.4. The molecule has 1 heterocycles. The summed E-state index contributed by atoms with van der Waals surface area (Å²) in [6.45, 7) is 7.17. The maximum absolute atomic E-state index is 12.7. The van der Waals surface area contributed by atoms with Crippen molar-refractivity contribution in [3.05, 3.63) is 0 Å². The van der Waals surface area contributed by atoms with E-state index in [0.717, 1.165) is 43.6 Å². The van der Waals surface area contributed by atoms with Crippen molar-refractivity contribution in [2.45, 2.75) is 142 Å². The maximum atomic E-state index is 12.7. The third kappa shape index (κ3) is 8.37. The molecule has 2 saturated carbocycles. The van der Waals surface area contributed by atoms with E-state index in [2.05, 4.69) is 18.7 Å². The van der Waals surface area contributed by atoms with Crippen LogP contribution in [-0.4, -0.2) is 36.1 Å². The van der Waals surface area contributed by atoms with Gasteiger partial charge in [0.1, 0.15) is 6.10 Å². The minimum atomic E-state index is 0.123. The summed E-state index contributed by atoms with van der Waals surface area (Å²) in [6, 6.07) is 0.741. The van der Waals surface area contributed by atoms with Crippen molar-refractivity contribution >= 4 is 5.97 Å². The van der Waals surface area contributed by atoms with E-state index in [0.29, 0.717) is 0 Å². The molecule has 1 aliphatic heterocycles. The molecule has 0 bridgehead atoms. The van der Waals surface area contributed by atoms with E-state index < -0.39 is 0 Å². The molecule has 3 heteroatoms. The number of esters is 1. The van der Waals surface area contributed by atoms with Crippen LogP contribution < -0.4 is 0 Å². The Morgan fingerprint density at radius 1 is 0.710 bits per heavy atom. The first kappa shape index (κ1) is 25.1. The van der Waals surface area contributed by atoms with Crippen LogP contribution in [0.15, 0.2) is 0 Å². The zero-order valence-electron chi connectivity index (χ0n) is 20.8. The van der Waals surface area contributed by atoms with Gasteiger partial charge < -0.3 is 9.64 Å². The van der Waals surface area contributed by atoms with Crippen molar-refractivity contribution in [1.29, 1.82) is 0 Å². The molecule has 1 saturated heterocycles. The number of nitrogens with zero attached hydrogens (tertiary/aromatic N) is 1. The standard InChI is InChI=1S/C28H51NO2/c1-3-5-6-7-8-10-24-19-21-29(22-20-24)26-15-17-27(18-16-26)31-28(30)25-13-11-23(9-4-2)12-14-25/h23-27H,3-22H2,1-2H3. The monoisotopic (exact) mass is 433 g/mol. The highest BCUT2D eigenvalue weighted by Gasteiger charge is 2.32. The Hall–Kier alpha value is -0.570. The fourth-order valence-corrected chi connectivity index (χ4v) is 6.53. The minimum absolute atomic E-state index is 0.123. The number of carbonyl (C=O) groups is 1. The van der Waals surface area contributed by atoms with Crippen LogP contribution in [0, 0.1) is 17.8 Å². The van der Waals surface area contributed by atoms with Gasteiger partial charge >= 0.3 is 5.97 Å². The van der Waals surface area contributed by atoms with Crippen molar-refractivity contribution in [2.24, 2.45) is 17.8 Å². The lowest BCUT2D eigenvalue weighted by molar-refractivity contribution is -0.157. The summed E-state index contributed by atoms with van der Waals surface area (Å²) in [5.41, 5.74) is 0. The summed E-state index contributed by atoms with van der Waals surface area (Å²) < 4.78 is 5.99. The van der Waals surface area contributed by atoms with Gasteiger partial charge in [-0.25, -0.2) is 0 Å². The van der Waals surface area contributed by atoms with Crippen molar-refractivity contribution in [1.82, 2.24) is 4.90 Å². The second-order valence-corrected chi connectivity index (χ2v) is 11.1. The Kier molecular flexibility index (Phi) is 11.2. The van der Waals surface area contributed by atoms with Crippen LogP contribution in [0.3, 0.4) is 0 Å². The zero-order valence-corrected chi connectivity index (χ0v) is 20.8. The Labute approximate surface area is 193 Å². The van der Waals surface area contributed by atoms with Gasteiger partial charge in [-0.05, 0) is 89.1 Å². The smallest absolute Gasteiger partial charge is 0.309 e. The third-order valence-electron chi connectivity index (χ3n) is 8.69. The number of piperidine rings is 1. The number of carbonyl (C=O) groups excluding carboxylic acids is 1. The molecule has 180 valence electrons. The number of likely N-dealkylation sites (tertiary alicyclic amines) is 1. The average Bonchev–Trinajstić information content (AvgIpc) is 2.81. The quantitative estimate of drug-likeness (QED) is 0.249. The molecule has 31 heavy (non-hydrogen) atoms. The molecular formula is C28H51NO2. The molecule has 3 fully saturated rings. The lowest BCUT2D eigenvalue weighted by Crippen LogP contribution is -2.44. The summed E-state index contributed by atoms with van der Waals surface area (Å²) >= 11 is 0. The molecular weight excluding hydrogens is 382 g/mol. The molecule has 0 N–H and O–H groups in total. The molecule has 3 aliphatic rings. The van der Waals surface area contributed by atoms with Crippen molar-refractivity contribution < 1.29 is 9.53 Å². The first-order valence-corrected chi connectivity index (χ1v) is 14.1. The zero-order chi connectivity index (χ0) is 21.9. The topological polar surface area (TPSA) is 29.5 Å². The minimum Gasteiger partial charge on any atom is -0.462 e.